The van der Waals surface area contributed by atoms with E-state index in [9.17, 15) is 14.4 Å². The van der Waals surface area contributed by atoms with Crippen molar-refractivity contribution in [3.05, 3.63) is 113 Å². The number of halogens is 1. The molecule has 0 saturated carbocycles. The molecule has 3 N–H and O–H groups in total. The van der Waals surface area contributed by atoms with Crippen LogP contribution in [0.25, 0.3) is 0 Å². The zero-order valence-corrected chi connectivity index (χ0v) is 17.9. The minimum atomic E-state index is -0.434. The monoisotopic (exact) mass is 459 g/mol. The van der Waals surface area contributed by atoms with E-state index in [-0.39, 0.29) is 11.7 Å². The molecule has 164 valence electrons. The number of benzene rings is 3. The van der Waals surface area contributed by atoms with Gasteiger partial charge in [-0.05, 0) is 66.7 Å². The first-order valence-corrected chi connectivity index (χ1v) is 10.3. The second-order valence-electron chi connectivity index (χ2n) is 6.97. The summed E-state index contributed by atoms with van der Waals surface area (Å²) in [7, 11) is 0. The molecule has 0 bridgehead atoms. The third kappa shape index (κ3) is 5.47. The lowest BCUT2D eigenvalue weighted by Crippen LogP contribution is -2.18. The summed E-state index contributed by atoms with van der Waals surface area (Å²) in [4.78, 5) is 37.8. The molecule has 0 fully saturated rings. The quantitative estimate of drug-likeness (QED) is 0.345. The van der Waals surface area contributed by atoms with Gasteiger partial charge in [0.05, 0.1) is 17.5 Å². The van der Waals surface area contributed by atoms with Gasteiger partial charge in [0.2, 0.25) is 0 Å². The van der Waals surface area contributed by atoms with Gasteiger partial charge in [-0.25, -0.2) is 0 Å². The van der Waals surface area contributed by atoms with Crippen LogP contribution in [0, 0.1) is 0 Å². The lowest BCUT2D eigenvalue weighted by Gasteiger charge is -2.12. The number of carbonyl (C=O) groups is 3. The summed E-state index contributed by atoms with van der Waals surface area (Å²) < 4.78 is 5.07. The Morgan fingerprint density at radius 3 is 2.18 bits per heavy atom. The third-order valence-corrected chi connectivity index (χ3v) is 4.90. The van der Waals surface area contributed by atoms with Crippen LogP contribution in [-0.2, 0) is 0 Å². The fourth-order valence-corrected chi connectivity index (χ4v) is 3.18. The number of hydrogen-bond acceptors (Lipinski definition) is 4. The van der Waals surface area contributed by atoms with Crippen molar-refractivity contribution in [1.82, 2.24) is 0 Å². The van der Waals surface area contributed by atoms with Crippen LogP contribution in [0.4, 0.5) is 17.1 Å². The summed E-state index contributed by atoms with van der Waals surface area (Å²) >= 11 is 5.88. The summed E-state index contributed by atoms with van der Waals surface area (Å²) in [5.74, 6) is -1.09. The molecule has 0 aliphatic rings. The minimum absolute atomic E-state index is 0.158. The molecule has 4 rings (SSSR count). The molecule has 8 heteroatoms. The van der Waals surface area contributed by atoms with Gasteiger partial charge in [0.25, 0.3) is 17.7 Å². The molecule has 0 atom stereocenters. The predicted molar refractivity (Wildman–Crippen MR) is 127 cm³/mol. The molecule has 0 aliphatic carbocycles. The standard InChI is InChI=1S/C25H18ClN3O4/c26-17-10-12-18(13-11-17)27-24(31)20-7-1-2-8-21(20)29-23(30)16-5-3-6-19(15-16)28-25(32)22-9-4-14-33-22/h1-15H,(H,27,31)(H,28,32)(H,29,30). The summed E-state index contributed by atoms with van der Waals surface area (Å²) in [6.07, 6.45) is 1.40. The highest BCUT2D eigenvalue weighted by Gasteiger charge is 2.15. The molecule has 0 unspecified atom stereocenters. The Labute approximate surface area is 194 Å². The molecular formula is C25H18ClN3O4. The molecular weight excluding hydrogens is 442 g/mol. The van der Waals surface area contributed by atoms with Crippen LogP contribution in [0.15, 0.2) is 95.6 Å². The van der Waals surface area contributed by atoms with Crippen LogP contribution in [0.2, 0.25) is 5.02 Å². The fraction of sp³-hybridized carbons (Fsp3) is 0. The Balaban J connectivity index is 1.48. The van der Waals surface area contributed by atoms with Crippen molar-refractivity contribution in [2.45, 2.75) is 0 Å². The Morgan fingerprint density at radius 2 is 1.42 bits per heavy atom. The zero-order valence-electron chi connectivity index (χ0n) is 17.2. The number of para-hydroxylation sites is 1. The van der Waals surface area contributed by atoms with Gasteiger partial charge in [-0.2, -0.15) is 0 Å². The summed E-state index contributed by atoms with van der Waals surface area (Å²) in [6.45, 7) is 0. The Hall–Kier alpha value is -4.36. The Morgan fingerprint density at radius 1 is 0.667 bits per heavy atom. The van der Waals surface area contributed by atoms with Crippen molar-refractivity contribution >= 4 is 46.4 Å². The van der Waals surface area contributed by atoms with Crippen molar-refractivity contribution in [3.63, 3.8) is 0 Å². The van der Waals surface area contributed by atoms with Gasteiger partial charge in [0.1, 0.15) is 0 Å². The molecule has 4 aromatic rings. The van der Waals surface area contributed by atoms with Crippen molar-refractivity contribution in [2.75, 3.05) is 16.0 Å². The van der Waals surface area contributed by atoms with Crippen LogP contribution in [0.5, 0.6) is 0 Å². The SMILES string of the molecule is O=C(Nc1ccccc1C(=O)Nc1ccc(Cl)cc1)c1cccc(NC(=O)c2ccco2)c1. The Bertz CT molecular complexity index is 1300. The second-order valence-corrected chi connectivity index (χ2v) is 7.41. The molecule has 0 aliphatic heterocycles. The first kappa shape index (κ1) is 21.9. The van der Waals surface area contributed by atoms with E-state index in [0.717, 1.165) is 0 Å². The molecule has 0 radical (unpaired) electrons. The molecule has 1 aromatic heterocycles. The molecule has 7 nitrogen and oxygen atoms in total. The predicted octanol–water partition coefficient (Wildman–Crippen LogP) is 5.69. The molecule has 33 heavy (non-hydrogen) atoms. The van der Waals surface area contributed by atoms with E-state index in [1.54, 1.807) is 72.8 Å². The largest absolute Gasteiger partial charge is 0.459 e. The van der Waals surface area contributed by atoms with Crippen molar-refractivity contribution < 1.29 is 18.8 Å². The lowest BCUT2D eigenvalue weighted by atomic mass is 10.1. The zero-order chi connectivity index (χ0) is 23.2. The average molecular weight is 460 g/mol. The number of carbonyl (C=O) groups excluding carboxylic acids is 3. The maximum atomic E-state index is 12.9. The third-order valence-electron chi connectivity index (χ3n) is 4.65. The van der Waals surface area contributed by atoms with Crippen LogP contribution < -0.4 is 16.0 Å². The fourth-order valence-electron chi connectivity index (χ4n) is 3.05. The highest BCUT2D eigenvalue weighted by Crippen LogP contribution is 2.20. The van der Waals surface area contributed by atoms with Crippen molar-refractivity contribution in [3.8, 4) is 0 Å². The Kier molecular flexibility index (Phi) is 6.52. The van der Waals surface area contributed by atoms with Gasteiger partial charge in [-0.3, -0.25) is 14.4 Å². The van der Waals surface area contributed by atoms with E-state index in [2.05, 4.69) is 16.0 Å². The number of nitrogens with one attached hydrogen (secondary N) is 3. The van der Waals surface area contributed by atoms with Crippen LogP contribution in [-0.4, -0.2) is 17.7 Å². The normalized spacial score (nSPS) is 10.3. The lowest BCUT2D eigenvalue weighted by molar-refractivity contribution is 0.0991. The number of anilines is 3. The average Bonchev–Trinajstić information content (AvgIpc) is 3.36. The van der Waals surface area contributed by atoms with E-state index >= 15 is 0 Å². The highest BCUT2D eigenvalue weighted by atomic mass is 35.5. The van der Waals surface area contributed by atoms with Crippen molar-refractivity contribution in [1.29, 1.82) is 0 Å². The maximum Gasteiger partial charge on any atom is 0.291 e. The molecule has 1 heterocycles. The van der Waals surface area contributed by atoms with Crippen LogP contribution in [0.1, 0.15) is 31.3 Å². The number of hydrogen-bond donors (Lipinski definition) is 3. The van der Waals surface area contributed by atoms with Crippen LogP contribution in [0.3, 0.4) is 0 Å². The topological polar surface area (TPSA) is 100 Å². The number of rotatable bonds is 6. The smallest absolute Gasteiger partial charge is 0.291 e. The maximum absolute atomic E-state index is 12.9. The van der Waals surface area contributed by atoms with Gasteiger partial charge in [0, 0.05) is 22.0 Å². The van der Waals surface area contributed by atoms with Crippen LogP contribution >= 0.6 is 11.6 Å². The minimum Gasteiger partial charge on any atom is -0.459 e. The number of furan rings is 1. The van der Waals surface area contributed by atoms with Gasteiger partial charge in [-0.15, -0.1) is 0 Å². The molecule has 0 saturated heterocycles. The summed E-state index contributed by atoms with van der Waals surface area (Å²) in [6, 6.07) is 23.0. The van der Waals surface area contributed by atoms with E-state index < -0.39 is 11.8 Å². The van der Waals surface area contributed by atoms with Crippen molar-refractivity contribution in [2.24, 2.45) is 0 Å². The first-order chi connectivity index (χ1) is 16.0. The van der Waals surface area contributed by atoms with Gasteiger partial charge >= 0.3 is 0 Å². The molecule has 3 amide bonds. The van der Waals surface area contributed by atoms with E-state index in [0.29, 0.717) is 33.2 Å². The summed E-state index contributed by atoms with van der Waals surface area (Å²) in [5, 5.41) is 8.77. The second kappa shape index (κ2) is 9.84. The van der Waals surface area contributed by atoms with Gasteiger partial charge in [-0.1, -0.05) is 29.8 Å². The molecule has 0 spiro atoms. The van der Waals surface area contributed by atoms with E-state index in [1.807, 2.05) is 0 Å². The number of amides is 3. The van der Waals surface area contributed by atoms with Gasteiger partial charge in [0.15, 0.2) is 5.76 Å². The molecule has 3 aromatic carbocycles. The van der Waals surface area contributed by atoms with E-state index in [1.165, 1.54) is 18.4 Å². The first-order valence-electron chi connectivity index (χ1n) is 9.92. The van der Waals surface area contributed by atoms with E-state index in [4.69, 9.17) is 16.0 Å². The highest BCUT2D eigenvalue weighted by molar-refractivity contribution is 6.30. The summed E-state index contributed by atoms with van der Waals surface area (Å²) in [5.41, 5.74) is 1.95. The van der Waals surface area contributed by atoms with Gasteiger partial charge < -0.3 is 20.4 Å².